The predicted octanol–water partition coefficient (Wildman–Crippen LogP) is 4.84. The lowest BCUT2D eigenvalue weighted by atomic mass is 9.98. The van der Waals surface area contributed by atoms with Gasteiger partial charge in [-0.25, -0.2) is 8.78 Å². The van der Waals surface area contributed by atoms with Crippen LogP contribution in [0.15, 0.2) is 40.9 Å². The fourth-order valence-corrected chi connectivity index (χ4v) is 3.09. The highest BCUT2D eigenvalue weighted by atomic mass is 127. The molecule has 1 nitrogen and oxygen atoms in total. The normalized spacial score (nSPS) is 12.4. The average Bonchev–Trinajstić information content (AvgIpc) is 2.41. The van der Waals surface area contributed by atoms with E-state index in [1.165, 1.54) is 12.1 Å². The van der Waals surface area contributed by atoms with Gasteiger partial charge in [-0.15, -0.1) is 0 Å². The number of hydrogen-bond donors (Lipinski definition) is 1. The zero-order valence-corrected chi connectivity index (χ0v) is 14.5. The van der Waals surface area contributed by atoms with Gasteiger partial charge in [0.2, 0.25) is 0 Å². The summed E-state index contributed by atoms with van der Waals surface area (Å²) in [6.45, 7) is 0. The van der Waals surface area contributed by atoms with E-state index in [1.807, 2.05) is 25.2 Å². The Hall–Kier alpha value is -0.530. The lowest BCUT2D eigenvalue weighted by Gasteiger charge is -2.19. The lowest BCUT2D eigenvalue weighted by Crippen LogP contribution is -2.20. The van der Waals surface area contributed by atoms with Crippen molar-refractivity contribution in [1.29, 1.82) is 0 Å². The van der Waals surface area contributed by atoms with Crippen molar-refractivity contribution in [3.8, 4) is 0 Å². The second-order valence-corrected chi connectivity index (χ2v) is 6.55. The standard InChI is InChI=1S/C15H13BrF2IN/c1-20-15(12-8-11(19)4-5-13(12)16)6-9-2-3-10(17)7-14(9)18/h2-5,7-8,15,20H,6H2,1H3. The minimum atomic E-state index is -0.553. The molecule has 0 radical (unpaired) electrons. The summed E-state index contributed by atoms with van der Waals surface area (Å²) in [6, 6.07) is 9.69. The zero-order chi connectivity index (χ0) is 14.7. The Kier molecular flexibility index (Phi) is 5.51. The van der Waals surface area contributed by atoms with Gasteiger partial charge in [-0.05, 0) is 71.5 Å². The molecule has 0 aromatic heterocycles. The Morgan fingerprint density at radius 2 is 1.95 bits per heavy atom. The van der Waals surface area contributed by atoms with Crippen molar-refractivity contribution >= 4 is 38.5 Å². The van der Waals surface area contributed by atoms with E-state index in [9.17, 15) is 8.78 Å². The van der Waals surface area contributed by atoms with Gasteiger partial charge in [0.15, 0.2) is 0 Å². The molecule has 0 amide bonds. The molecule has 106 valence electrons. The van der Waals surface area contributed by atoms with Crippen molar-refractivity contribution in [2.75, 3.05) is 7.05 Å². The summed E-state index contributed by atoms with van der Waals surface area (Å²) in [5.74, 6) is -1.06. The molecule has 0 aliphatic carbocycles. The first-order chi connectivity index (χ1) is 9.51. The number of hydrogen-bond acceptors (Lipinski definition) is 1. The summed E-state index contributed by atoms with van der Waals surface area (Å²) in [7, 11) is 1.83. The number of rotatable bonds is 4. The second kappa shape index (κ2) is 6.95. The van der Waals surface area contributed by atoms with E-state index in [0.29, 0.717) is 12.0 Å². The Labute approximate surface area is 139 Å². The Balaban J connectivity index is 2.31. The molecule has 0 heterocycles. The van der Waals surface area contributed by atoms with E-state index in [4.69, 9.17) is 0 Å². The number of benzene rings is 2. The zero-order valence-electron chi connectivity index (χ0n) is 10.8. The predicted molar refractivity (Wildman–Crippen MR) is 88.7 cm³/mol. The van der Waals surface area contributed by atoms with Crippen LogP contribution in [0.3, 0.4) is 0 Å². The maximum absolute atomic E-state index is 13.8. The molecule has 20 heavy (non-hydrogen) atoms. The Morgan fingerprint density at radius 1 is 1.20 bits per heavy atom. The first-order valence-electron chi connectivity index (χ1n) is 6.07. The van der Waals surface area contributed by atoms with E-state index in [2.05, 4.69) is 43.8 Å². The quantitative estimate of drug-likeness (QED) is 0.656. The highest BCUT2D eigenvalue weighted by Gasteiger charge is 2.16. The SMILES string of the molecule is CNC(Cc1ccc(F)cc1F)c1cc(I)ccc1Br. The van der Waals surface area contributed by atoms with Crippen molar-refractivity contribution in [3.05, 3.63) is 67.2 Å². The van der Waals surface area contributed by atoms with Crippen LogP contribution in [0.4, 0.5) is 8.78 Å². The van der Waals surface area contributed by atoms with Gasteiger partial charge in [0.05, 0.1) is 0 Å². The van der Waals surface area contributed by atoms with Crippen LogP contribution in [0.25, 0.3) is 0 Å². The fourth-order valence-electron chi connectivity index (χ4n) is 2.06. The smallest absolute Gasteiger partial charge is 0.129 e. The highest BCUT2D eigenvalue weighted by Crippen LogP contribution is 2.28. The summed E-state index contributed by atoms with van der Waals surface area (Å²) < 4.78 is 28.8. The maximum Gasteiger partial charge on any atom is 0.129 e. The van der Waals surface area contributed by atoms with Gasteiger partial charge in [-0.2, -0.15) is 0 Å². The van der Waals surface area contributed by atoms with Crippen molar-refractivity contribution in [1.82, 2.24) is 5.32 Å². The van der Waals surface area contributed by atoms with Crippen LogP contribution < -0.4 is 5.32 Å². The molecule has 5 heteroatoms. The van der Waals surface area contributed by atoms with Gasteiger partial charge < -0.3 is 5.32 Å². The molecule has 0 bridgehead atoms. The molecule has 0 saturated heterocycles. The maximum atomic E-state index is 13.8. The minimum absolute atomic E-state index is 0.0425. The van der Waals surface area contributed by atoms with E-state index in [1.54, 1.807) is 0 Å². The van der Waals surface area contributed by atoms with Gasteiger partial charge in [-0.3, -0.25) is 0 Å². The minimum Gasteiger partial charge on any atom is -0.313 e. The molecule has 0 spiro atoms. The molecule has 2 rings (SSSR count). The number of nitrogens with one attached hydrogen (secondary N) is 1. The van der Waals surface area contributed by atoms with Gasteiger partial charge in [-0.1, -0.05) is 22.0 Å². The molecule has 2 aromatic carbocycles. The van der Waals surface area contributed by atoms with Gasteiger partial charge >= 0.3 is 0 Å². The van der Waals surface area contributed by atoms with E-state index in [0.717, 1.165) is 19.7 Å². The Morgan fingerprint density at radius 3 is 2.60 bits per heavy atom. The third-order valence-corrected chi connectivity index (χ3v) is 4.51. The molecule has 2 aromatic rings. The monoisotopic (exact) mass is 451 g/mol. The summed E-state index contributed by atoms with van der Waals surface area (Å²) in [6.07, 6.45) is 0.460. The first-order valence-corrected chi connectivity index (χ1v) is 7.94. The largest absolute Gasteiger partial charge is 0.313 e. The summed E-state index contributed by atoms with van der Waals surface area (Å²) in [4.78, 5) is 0. The van der Waals surface area contributed by atoms with Crippen LogP contribution in [-0.4, -0.2) is 7.05 Å². The van der Waals surface area contributed by atoms with Gasteiger partial charge in [0.25, 0.3) is 0 Å². The van der Waals surface area contributed by atoms with Crippen LogP contribution in [0.1, 0.15) is 17.2 Å². The van der Waals surface area contributed by atoms with Gasteiger partial charge in [0.1, 0.15) is 11.6 Å². The van der Waals surface area contributed by atoms with Crippen LogP contribution in [0.5, 0.6) is 0 Å². The molecule has 0 aliphatic heterocycles. The number of halogens is 4. The van der Waals surface area contributed by atoms with Crippen LogP contribution in [0, 0.1) is 15.2 Å². The second-order valence-electron chi connectivity index (χ2n) is 4.45. The van der Waals surface area contributed by atoms with Crippen LogP contribution >= 0.6 is 38.5 Å². The first kappa shape index (κ1) is 15.9. The average molecular weight is 452 g/mol. The van der Waals surface area contributed by atoms with Gasteiger partial charge in [0, 0.05) is 20.2 Å². The van der Waals surface area contributed by atoms with Crippen LogP contribution in [0.2, 0.25) is 0 Å². The fraction of sp³-hybridized carbons (Fsp3) is 0.200. The highest BCUT2D eigenvalue weighted by molar-refractivity contribution is 14.1. The van der Waals surface area contributed by atoms with Crippen molar-refractivity contribution < 1.29 is 8.78 Å². The van der Waals surface area contributed by atoms with Crippen molar-refractivity contribution in [2.24, 2.45) is 0 Å². The van der Waals surface area contributed by atoms with Crippen LogP contribution in [-0.2, 0) is 6.42 Å². The van der Waals surface area contributed by atoms with Crippen molar-refractivity contribution in [2.45, 2.75) is 12.5 Å². The summed E-state index contributed by atoms with van der Waals surface area (Å²) >= 11 is 5.76. The molecule has 1 atom stereocenters. The van der Waals surface area contributed by atoms with E-state index < -0.39 is 11.6 Å². The summed E-state index contributed by atoms with van der Waals surface area (Å²) in [5.41, 5.74) is 1.56. The molecule has 1 unspecified atom stereocenters. The molecule has 0 aliphatic rings. The third-order valence-electron chi connectivity index (χ3n) is 3.12. The molecular formula is C15H13BrF2IN. The molecular weight excluding hydrogens is 439 g/mol. The molecule has 1 N–H and O–H groups in total. The molecule has 0 fully saturated rings. The summed E-state index contributed by atoms with van der Waals surface area (Å²) in [5, 5.41) is 3.18. The lowest BCUT2D eigenvalue weighted by molar-refractivity contribution is 0.540. The topological polar surface area (TPSA) is 12.0 Å². The van der Waals surface area contributed by atoms with E-state index in [-0.39, 0.29) is 6.04 Å². The molecule has 0 saturated carbocycles. The Bertz CT molecular complexity index is 619. The van der Waals surface area contributed by atoms with E-state index >= 15 is 0 Å². The third kappa shape index (κ3) is 3.77. The number of likely N-dealkylation sites (N-methyl/N-ethyl adjacent to an activating group) is 1. The van der Waals surface area contributed by atoms with Crippen molar-refractivity contribution in [3.63, 3.8) is 0 Å².